The van der Waals surface area contributed by atoms with Crippen LogP contribution in [0.15, 0.2) is 24.3 Å². The lowest BCUT2D eigenvalue weighted by atomic mass is 10.1. The van der Waals surface area contributed by atoms with Crippen molar-refractivity contribution in [3.63, 3.8) is 0 Å². The summed E-state index contributed by atoms with van der Waals surface area (Å²) in [5, 5.41) is 0. The predicted octanol–water partition coefficient (Wildman–Crippen LogP) is 2.18. The van der Waals surface area contributed by atoms with Crippen molar-refractivity contribution < 1.29 is 9.53 Å². The third kappa shape index (κ3) is 3.74. The fourth-order valence-electron chi connectivity index (χ4n) is 1.74. The van der Waals surface area contributed by atoms with Crippen molar-refractivity contribution in [1.82, 2.24) is 0 Å². The van der Waals surface area contributed by atoms with Gasteiger partial charge in [-0.3, -0.25) is 4.79 Å². The predicted molar refractivity (Wildman–Crippen MR) is 73.9 cm³/mol. The highest BCUT2D eigenvalue weighted by Gasteiger charge is 2.18. The summed E-state index contributed by atoms with van der Waals surface area (Å²) in [6, 6.07) is 6.97. The number of nitrogens with two attached hydrogens (primary N) is 1. The molecule has 1 rings (SSSR count). The number of unbranched alkanes of at least 4 members (excludes halogenated alkanes) is 1. The number of amides is 1. The number of anilines is 1. The van der Waals surface area contributed by atoms with Gasteiger partial charge in [-0.1, -0.05) is 25.8 Å². The molecule has 0 unspecified atom stereocenters. The van der Waals surface area contributed by atoms with Crippen LogP contribution in [0.1, 0.15) is 26.2 Å². The van der Waals surface area contributed by atoms with E-state index >= 15 is 0 Å². The Labute approximate surface area is 109 Å². The number of methoxy groups -OCH3 is 1. The quantitative estimate of drug-likeness (QED) is 0.842. The number of benzene rings is 1. The summed E-state index contributed by atoms with van der Waals surface area (Å²) in [6.45, 7) is 2.09. The maximum absolute atomic E-state index is 12.1. The van der Waals surface area contributed by atoms with Gasteiger partial charge in [0.05, 0.1) is 13.2 Å². The molecule has 0 bridgehead atoms. The van der Waals surface area contributed by atoms with Crippen LogP contribution in [0.5, 0.6) is 5.75 Å². The zero-order valence-electron chi connectivity index (χ0n) is 11.3. The molecule has 1 aromatic rings. The van der Waals surface area contributed by atoms with Crippen molar-refractivity contribution in [2.75, 3.05) is 19.1 Å². The second-order valence-corrected chi connectivity index (χ2v) is 4.35. The first kappa shape index (κ1) is 14.5. The zero-order chi connectivity index (χ0) is 13.5. The van der Waals surface area contributed by atoms with Crippen LogP contribution in [0.25, 0.3) is 0 Å². The van der Waals surface area contributed by atoms with E-state index in [0.717, 1.165) is 30.7 Å². The average molecular weight is 250 g/mol. The molecule has 100 valence electrons. The van der Waals surface area contributed by atoms with Gasteiger partial charge in [-0.2, -0.15) is 0 Å². The smallest absolute Gasteiger partial charge is 0.243 e. The number of carbonyl (C=O) groups excluding carboxylic acids is 1. The van der Waals surface area contributed by atoms with Crippen LogP contribution in [-0.2, 0) is 4.79 Å². The third-order valence-corrected chi connectivity index (χ3v) is 2.96. The molecule has 1 atom stereocenters. The Balaban J connectivity index is 2.72. The van der Waals surface area contributed by atoms with Gasteiger partial charge in [0.2, 0.25) is 5.91 Å². The molecule has 4 heteroatoms. The fraction of sp³-hybridized carbons (Fsp3) is 0.500. The van der Waals surface area contributed by atoms with Gasteiger partial charge in [-0.25, -0.2) is 0 Å². The van der Waals surface area contributed by atoms with Crippen LogP contribution < -0.4 is 15.4 Å². The van der Waals surface area contributed by atoms with Crippen molar-refractivity contribution >= 4 is 11.6 Å². The largest absolute Gasteiger partial charge is 0.497 e. The second-order valence-electron chi connectivity index (χ2n) is 4.35. The molecule has 1 amide bonds. The Hall–Kier alpha value is -1.55. The number of likely N-dealkylation sites (N-methyl/N-ethyl adjacent to an activating group) is 1. The Morgan fingerprint density at radius 1 is 1.50 bits per heavy atom. The molecule has 0 heterocycles. The van der Waals surface area contributed by atoms with Gasteiger partial charge in [0, 0.05) is 18.8 Å². The number of hydrogen-bond acceptors (Lipinski definition) is 3. The first-order valence-corrected chi connectivity index (χ1v) is 6.27. The molecule has 0 spiro atoms. The van der Waals surface area contributed by atoms with E-state index in [0.29, 0.717) is 0 Å². The summed E-state index contributed by atoms with van der Waals surface area (Å²) >= 11 is 0. The van der Waals surface area contributed by atoms with Gasteiger partial charge >= 0.3 is 0 Å². The molecule has 0 aliphatic carbocycles. The van der Waals surface area contributed by atoms with Gasteiger partial charge in [-0.15, -0.1) is 0 Å². The second kappa shape index (κ2) is 7.01. The lowest BCUT2D eigenvalue weighted by Gasteiger charge is -2.21. The molecule has 0 aromatic heterocycles. The van der Waals surface area contributed by atoms with Crippen molar-refractivity contribution in [1.29, 1.82) is 0 Å². The molecule has 0 aliphatic rings. The summed E-state index contributed by atoms with van der Waals surface area (Å²) in [4.78, 5) is 13.7. The van der Waals surface area contributed by atoms with E-state index in [9.17, 15) is 4.79 Å². The maximum atomic E-state index is 12.1. The summed E-state index contributed by atoms with van der Waals surface area (Å²) in [5.41, 5.74) is 6.69. The molecule has 0 radical (unpaired) electrons. The van der Waals surface area contributed by atoms with E-state index in [1.165, 1.54) is 0 Å². The van der Waals surface area contributed by atoms with E-state index in [4.69, 9.17) is 10.5 Å². The van der Waals surface area contributed by atoms with Crippen LogP contribution in [0, 0.1) is 0 Å². The third-order valence-electron chi connectivity index (χ3n) is 2.96. The zero-order valence-corrected chi connectivity index (χ0v) is 11.3. The highest BCUT2D eigenvalue weighted by molar-refractivity contribution is 5.96. The number of hydrogen-bond donors (Lipinski definition) is 1. The van der Waals surface area contributed by atoms with E-state index < -0.39 is 6.04 Å². The SMILES string of the molecule is CCCC[C@H](N)C(=O)N(C)c1cccc(OC)c1. The maximum Gasteiger partial charge on any atom is 0.243 e. The highest BCUT2D eigenvalue weighted by atomic mass is 16.5. The summed E-state index contributed by atoms with van der Waals surface area (Å²) in [7, 11) is 3.34. The monoisotopic (exact) mass is 250 g/mol. The highest BCUT2D eigenvalue weighted by Crippen LogP contribution is 2.20. The molecule has 1 aromatic carbocycles. The van der Waals surface area contributed by atoms with Crippen LogP contribution in [0.2, 0.25) is 0 Å². The van der Waals surface area contributed by atoms with Gasteiger partial charge in [0.25, 0.3) is 0 Å². The lowest BCUT2D eigenvalue weighted by molar-refractivity contribution is -0.119. The Bertz CT molecular complexity index is 393. The average Bonchev–Trinajstić information content (AvgIpc) is 2.43. The van der Waals surface area contributed by atoms with E-state index in [1.807, 2.05) is 24.3 Å². The minimum atomic E-state index is -0.429. The van der Waals surface area contributed by atoms with E-state index in [-0.39, 0.29) is 5.91 Å². The van der Waals surface area contributed by atoms with Crippen molar-refractivity contribution in [2.24, 2.45) is 5.73 Å². The Morgan fingerprint density at radius 2 is 2.22 bits per heavy atom. The van der Waals surface area contributed by atoms with Gasteiger partial charge in [0.15, 0.2) is 0 Å². The lowest BCUT2D eigenvalue weighted by Crippen LogP contribution is -2.41. The number of nitrogens with zero attached hydrogens (tertiary/aromatic N) is 1. The Kier molecular flexibility index (Phi) is 5.65. The molecule has 4 nitrogen and oxygen atoms in total. The molecular formula is C14H22N2O2. The minimum Gasteiger partial charge on any atom is -0.497 e. The Morgan fingerprint density at radius 3 is 2.83 bits per heavy atom. The van der Waals surface area contributed by atoms with Crippen LogP contribution in [-0.4, -0.2) is 26.1 Å². The molecular weight excluding hydrogens is 228 g/mol. The topological polar surface area (TPSA) is 55.6 Å². The summed E-state index contributed by atoms with van der Waals surface area (Å²) < 4.78 is 5.14. The molecule has 2 N–H and O–H groups in total. The van der Waals surface area contributed by atoms with Crippen LogP contribution in [0.3, 0.4) is 0 Å². The van der Waals surface area contributed by atoms with Gasteiger partial charge < -0.3 is 15.4 Å². The van der Waals surface area contributed by atoms with Gasteiger partial charge in [0.1, 0.15) is 5.75 Å². The fourth-order valence-corrected chi connectivity index (χ4v) is 1.74. The molecule has 18 heavy (non-hydrogen) atoms. The van der Waals surface area contributed by atoms with Crippen LogP contribution in [0.4, 0.5) is 5.69 Å². The molecule has 0 saturated carbocycles. The molecule has 0 saturated heterocycles. The standard InChI is InChI=1S/C14H22N2O2/c1-4-5-9-13(15)14(17)16(2)11-7-6-8-12(10-11)18-3/h6-8,10,13H,4-5,9,15H2,1-3H3/t13-/m0/s1. The first-order chi connectivity index (χ1) is 8.60. The first-order valence-electron chi connectivity index (χ1n) is 6.27. The van der Waals surface area contributed by atoms with Crippen molar-refractivity contribution in [2.45, 2.75) is 32.2 Å². The number of carbonyl (C=O) groups is 1. The van der Waals surface area contributed by atoms with Crippen molar-refractivity contribution in [3.05, 3.63) is 24.3 Å². The normalized spacial score (nSPS) is 12.0. The van der Waals surface area contributed by atoms with E-state index in [2.05, 4.69) is 6.92 Å². The number of ether oxygens (including phenoxy) is 1. The van der Waals surface area contributed by atoms with Crippen LogP contribution >= 0.6 is 0 Å². The van der Waals surface area contributed by atoms with Crippen molar-refractivity contribution in [3.8, 4) is 5.75 Å². The van der Waals surface area contributed by atoms with Gasteiger partial charge in [-0.05, 0) is 18.6 Å². The number of rotatable bonds is 6. The molecule has 0 aliphatic heterocycles. The minimum absolute atomic E-state index is 0.0586. The summed E-state index contributed by atoms with van der Waals surface area (Å²) in [5.74, 6) is 0.672. The summed E-state index contributed by atoms with van der Waals surface area (Å²) in [6.07, 6.45) is 2.74. The van der Waals surface area contributed by atoms with E-state index in [1.54, 1.807) is 19.1 Å². The molecule has 0 fully saturated rings.